The molecule has 7 heteroatoms. The van der Waals surface area contributed by atoms with Gasteiger partial charge >= 0.3 is 0 Å². The van der Waals surface area contributed by atoms with Crippen molar-refractivity contribution in [2.24, 2.45) is 0 Å². The number of anilines is 1. The number of halogens is 1. The van der Waals surface area contributed by atoms with E-state index in [2.05, 4.69) is 5.32 Å². The number of aryl methyl sites for hydroxylation is 2. The summed E-state index contributed by atoms with van der Waals surface area (Å²) >= 11 is 0. The van der Waals surface area contributed by atoms with Gasteiger partial charge in [0.15, 0.2) is 0 Å². The van der Waals surface area contributed by atoms with Gasteiger partial charge in [-0.15, -0.1) is 0 Å². The fourth-order valence-corrected chi connectivity index (χ4v) is 4.00. The summed E-state index contributed by atoms with van der Waals surface area (Å²) in [6, 6.07) is 11.4. The summed E-state index contributed by atoms with van der Waals surface area (Å²) in [5.74, 6) is -0.499. The number of benzene rings is 2. The Bertz CT molecular complexity index is 927. The van der Waals surface area contributed by atoms with E-state index in [4.69, 9.17) is 0 Å². The molecule has 0 unspecified atom stereocenters. The maximum Gasteiger partial charge on any atom is 0.232 e. The smallest absolute Gasteiger partial charge is 0.232 e. The minimum atomic E-state index is -3.46. The Morgan fingerprint density at radius 1 is 1.14 bits per heavy atom. The lowest BCUT2D eigenvalue weighted by Gasteiger charge is -2.24. The molecule has 0 saturated carbocycles. The molecule has 1 N–H and O–H groups in total. The highest BCUT2D eigenvalue weighted by atomic mass is 32.2. The number of sulfonamides is 1. The molecule has 0 aromatic heterocycles. The molecule has 152 valence electrons. The molecule has 28 heavy (non-hydrogen) atoms. The van der Waals surface area contributed by atoms with Gasteiger partial charge in [0, 0.05) is 13.0 Å². The van der Waals surface area contributed by atoms with E-state index >= 15 is 0 Å². The normalized spacial score (nSPS) is 12.5. The molecule has 0 fully saturated rings. The van der Waals surface area contributed by atoms with E-state index in [0.29, 0.717) is 12.1 Å². The van der Waals surface area contributed by atoms with Crippen molar-refractivity contribution in [1.82, 2.24) is 5.32 Å². The predicted molar refractivity (Wildman–Crippen MR) is 110 cm³/mol. The Balaban J connectivity index is 1.97. The molecule has 5 nitrogen and oxygen atoms in total. The van der Waals surface area contributed by atoms with Crippen LogP contribution in [0.3, 0.4) is 0 Å². The van der Waals surface area contributed by atoms with E-state index in [9.17, 15) is 17.6 Å². The standard InChI is InChI=1S/C21H27FN2O3S/c1-15-7-8-16(2)20(14-15)24(28(4,26)27)13-5-6-21(25)23-17(3)18-9-11-19(22)12-10-18/h7-12,14,17H,5-6,13H2,1-4H3,(H,23,25)/t17-/m0/s1. The highest BCUT2D eigenvalue weighted by molar-refractivity contribution is 7.92. The van der Waals surface area contributed by atoms with Crippen molar-refractivity contribution in [2.45, 2.75) is 39.7 Å². The molecule has 0 aliphatic heterocycles. The fraction of sp³-hybridized carbons (Fsp3) is 0.381. The molecule has 2 rings (SSSR count). The molecular formula is C21H27FN2O3S. The average molecular weight is 407 g/mol. The molecular weight excluding hydrogens is 379 g/mol. The van der Waals surface area contributed by atoms with Crippen molar-refractivity contribution in [3.63, 3.8) is 0 Å². The van der Waals surface area contributed by atoms with Crippen LogP contribution in [0.2, 0.25) is 0 Å². The number of hydrogen-bond acceptors (Lipinski definition) is 3. The molecule has 0 spiro atoms. The van der Waals surface area contributed by atoms with Gasteiger partial charge in [-0.05, 0) is 62.1 Å². The highest BCUT2D eigenvalue weighted by Gasteiger charge is 2.20. The van der Waals surface area contributed by atoms with Crippen LogP contribution in [0.5, 0.6) is 0 Å². The number of rotatable bonds is 8. The third-order valence-corrected chi connectivity index (χ3v) is 5.73. The van der Waals surface area contributed by atoms with Gasteiger partial charge in [-0.2, -0.15) is 0 Å². The Morgan fingerprint density at radius 2 is 1.79 bits per heavy atom. The second-order valence-electron chi connectivity index (χ2n) is 7.07. The van der Waals surface area contributed by atoms with Crippen LogP contribution in [0.25, 0.3) is 0 Å². The maximum atomic E-state index is 13.0. The lowest BCUT2D eigenvalue weighted by Crippen LogP contribution is -2.33. The Kier molecular flexibility index (Phi) is 7.18. The number of carbonyl (C=O) groups is 1. The van der Waals surface area contributed by atoms with Gasteiger partial charge in [0.25, 0.3) is 0 Å². The molecule has 0 aliphatic carbocycles. The number of hydrogen-bond donors (Lipinski definition) is 1. The Morgan fingerprint density at radius 3 is 2.39 bits per heavy atom. The summed E-state index contributed by atoms with van der Waals surface area (Å²) < 4.78 is 38.9. The number of nitrogens with one attached hydrogen (secondary N) is 1. The van der Waals surface area contributed by atoms with Crippen molar-refractivity contribution in [3.8, 4) is 0 Å². The van der Waals surface area contributed by atoms with Crippen LogP contribution in [0.1, 0.15) is 42.5 Å². The highest BCUT2D eigenvalue weighted by Crippen LogP contribution is 2.24. The van der Waals surface area contributed by atoms with Crippen LogP contribution in [-0.4, -0.2) is 27.1 Å². The summed E-state index contributed by atoms with van der Waals surface area (Å²) in [5, 5.41) is 2.86. The molecule has 1 amide bonds. The molecule has 1 atom stereocenters. The third-order valence-electron chi connectivity index (χ3n) is 4.55. The van der Waals surface area contributed by atoms with Gasteiger partial charge in [0.1, 0.15) is 5.82 Å². The van der Waals surface area contributed by atoms with E-state index in [1.54, 1.807) is 12.1 Å². The van der Waals surface area contributed by atoms with E-state index in [-0.39, 0.29) is 30.7 Å². The van der Waals surface area contributed by atoms with Gasteiger partial charge in [-0.1, -0.05) is 24.3 Å². The first-order chi connectivity index (χ1) is 13.1. The first kappa shape index (κ1) is 21.9. The maximum absolute atomic E-state index is 13.0. The molecule has 0 heterocycles. The zero-order valence-corrected chi connectivity index (χ0v) is 17.5. The number of amides is 1. The SMILES string of the molecule is Cc1ccc(C)c(N(CCCC(=O)N[C@@H](C)c2ccc(F)cc2)S(C)(=O)=O)c1. The van der Waals surface area contributed by atoms with Crippen molar-refractivity contribution in [2.75, 3.05) is 17.1 Å². The lowest BCUT2D eigenvalue weighted by molar-refractivity contribution is -0.121. The van der Waals surface area contributed by atoms with Gasteiger partial charge in [-0.25, -0.2) is 12.8 Å². The van der Waals surface area contributed by atoms with Crippen LogP contribution >= 0.6 is 0 Å². The van der Waals surface area contributed by atoms with Crippen molar-refractivity contribution in [3.05, 3.63) is 65.0 Å². The molecule has 2 aromatic rings. The molecule has 2 aromatic carbocycles. The minimum absolute atomic E-state index is 0.175. The molecule has 0 saturated heterocycles. The zero-order chi connectivity index (χ0) is 20.9. The van der Waals surface area contributed by atoms with Crippen molar-refractivity contribution < 1.29 is 17.6 Å². The third kappa shape index (κ3) is 6.05. The Labute approximate surface area is 166 Å². The number of carbonyl (C=O) groups excluding carboxylic acids is 1. The number of nitrogens with zero attached hydrogens (tertiary/aromatic N) is 1. The second-order valence-corrected chi connectivity index (χ2v) is 8.98. The van der Waals surface area contributed by atoms with Crippen LogP contribution in [-0.2, 0) is 14.8 Å². The van der Waals surface area contributed by atoms with Gasteiger partial charge in [0.2, 0.25) is 15.9 Å². The first-order valence-electron chi connectivity index (χ1n) is 9.17. The van der Waals surface area contributed by atoms with Crippen molar-refractivity contribution in [1.29, 1.82) is 0 Å². The Hall–Kier alpha value is -2.41. The van der Waals surface area contributed by atoms with Crippen LogP contribution in [0, 0.1) is 19.7 Å². The fourth-order valence-electron chi connectivity index (χ4n) is 2.98. The summed E-state index contributed by atoms with van der Waals surface area (Å²) in [7, 11) is -3.46. The van der Waals surface area contributed by atoms with Gasteiger partial charge in [0.05, 0.1) is 18.0 Å². The monoisotopic (exact) mass is 406 g/mol. The average Bonchev–Trinajstić information content (AvgIpc) is 2.60. The van der Waals surface area contributed by atoms with Gasteiger partial charge in [-0.3, -0.25) is 9.10 Å². The predicted octanol–water partition coefficient (Wildman–Crippen LogP) is 3.87. The van der Waals surface area contributed by atoms with Crippen LogP contribution in [0.4, 0.5) is 10.1 Å². The quantitative estimate of drug-likeness (QED) is 0.724. The largest absolute Gasteiger partial charge is 0.350 e. The minimum Gasteiger partial charge on any atom is -0.350 e. The van der Waals surface area contributed by atoms with Gasteiger partial charge < -0.3 is 5.32 Å². The summed E-state index contributed by atoms with van der Waals surface area (Å²) in [5.41, 5.74) is 3.29. The van der Waals surface area contributed by atoms with E-state index in [1.807, 2.05) is 39.0 Å². The summed E-state index contributed by atoms with van der Waals surface area (Å²) in [4.78, 5) is 12.2. The summed E-state index contributed by atoms with van der Waals surface area (Å²) in [6.07, 6.45) is 1.76. The van der Waals surface area contributed by atoms with Crippen molar-refractivity contribution >= 4 is 21.6 Å². The van der Waals surface area contributed by atoms with Crippen LogP contribution in [0.15, 0.2) is 42.5 Å². The topological polar surface area (TPSA) is 66.5 Å². The second kappa shape index (κ2) is 9.19. The first-order valence-corrected chi connectivity index (χ1v) is 11.0. The molecule has 0 radical (unpaired) electrons. The zero-order valence-electron chi connectivity index (χ0n) is 16.7. The molecule has 0 bridgehead atoms. The molecule has 0 aliphatic rings. The van der Waals surface area contributed by atoms with E-state index in [0.717, 1.165) is 16.7 Å². The summed E-state index contributed by atoms with van der Waals surface area (Å²) in [6.45, 7) is 5.82. The van der Waals surface area contributed by atoms with E-state index in [1.165, 1.54) is 22.7 Å². The lowest BCUT2D eigenvalue weighted by atomic mass is 10.1. The van der Waals surface area contributed by atoms with Crippen LogP contribution < -0.4 is 9.62 Å². The van der Waals surface area contributed by atoms with E-state index < -0.39 is 10.0 Å².